The Morgan fingerprint density at radius 1 is 0.894 bits per heavy atom. The van der Waals surface area contributed by atoms with Crippen LogP contribution in [0.3, 0.4) is 0 Å². The van der Waals surface area contributed by atoms with E-state index in [1.54, 1.807) is 6.92 Å². The molecule has 19 atom stereocenters. The number of aliphatic hydroxyl groups excluding tert-OH is 6. The second-order valence-electron chi connectivity index (χ2n) is 12.8. The number of hydrogen-bond acceptors (Lipinski definition) is 19. The fourth-order valence-corrected chi connectivity index (χ4v) is 6.32. The molecule has 3 heterocycles. The molecule has 4 rings (SSSR count). The van der Waals surface area contributed by atoms with E-state index in [0.29, 0.717) is 0 Å². The maximum Gasteiger partial charge on any atom is 0.249 e. The summed E-state index contributed by atoms with van der Waals surface area (Å²) < 4.78 is 35.5. The molecule has 1 saturated carbocycles. The minimum Gasteiger partial charge on any atom is -0.390 e. The number of nitrogens with two attached hydrogens (primary N) is 6. The second-order valence-corrected chi connectivity index (χ2v) is 12.8. The lowest BCUT2D eigenvalue weighted by Crippen LogP contribution is -2.73. The third-order valence-electron chi connectivity index (χ3n) is 9.10. The molecule has 19 N–H and O–H groups in total. The van der Waals surface area contributed by atoms with Crippen LogP contribution in [0.15, 0.2) is 0 Å². The number of rotatable bonds is 12. The Labute approximate surface area is 271 Å². The van der Waals surface area contributed by atoms with Gasteiger partial charge in [0, 0.05) is 19.0 Å². The van der Waals surface area contributed by atoms with Crippen LogP contribution in [-0.2, 0) is 33.2 Å². The smallest absolute Gasteiger partial charge is 0.249 e. The average Bonchev–Trinajstić information content (AvgIpc) is 3.47. The third-order valence-corrected chi connectivity index (χ3v) is 9.10. The molecule has 3 saturated heterocycles. The largest absolute Gasteiger partial charge is 0.390 e. The Balaban J connectivity index is 1.50. The molecule has 47 heavy (non-hydrogen) atoms. The van der Waals surface area contributed by atoms with Gasteiger partial charge in [0.15, 0.2) is 18.9 Å². The lowest BCUT2D eigenvalue weighted by molar-refractivity contribution is -0.297. The average molecular weight is 684 g/mol. The standard InChI is InChI=1S/C27H53N7O13/c1-8(30)22-12(36)5-10(31)26(46-22)47-23-15(32)19(38)17(34-25(41)11(35)2-3-28)21(40)24(23)45-14-4-9(7-42-14)43-27-16(33)20(39)18(37)13(6-29)44-27/h8-24,26-27,35-40H,2-7,28-33H2,1H3,(H,34,41)/t8-,9?,10-,11?,12+,13+,14?,15?,16-,17?,18-,19?,20-,21?,22-,23?,24?,26-,27-/m1/s1. The van der Waals surface area contributed by atoms with Crippen molar-refractivity contribution in [2.75, 3.05) is 19.7 Å². The first kappa shape index (κ1) is 38.6. The molecule has 9 unspecified atom stereocenters. The van der Waals surface area contributed by atoms with Gasteiger partial charge < -0.3 is 98.8 Å². The van der Waals surface area contributed by atoms with Gasteiger partial charge in [-0.3, -0.25) is 4.79 Å². The summed E-state index contributed by atoms with van der Waals surface area (Å²) in [5.74, 6) is -0.896. The highest BCUT2D eigenvalue weighted by molar-refractivity contribution is 5.80. The van der Waals surface area contributed by atoms with Gasteiger partial charge in [-0.1, -0.05) is 0 Å². The first-order chi connectivity index (χ1) is 22.2. The zero-order chi connectivity index (χ0) is 34.7. The summed E-state index contributed by atoms with van der Waals surface area (Å²) in [6, 6.07) is -5.27. The normalized spacial score (nSPS) is 47.4. The van der Waals surface area contributed by atoms with Crippen LogP contribution < -0.4 is 39.7 Å². The molecule has 0 aromatic heterocycles. The summed E-state index contributed by atoms with van der Waals surface area (Å²) in [5, 5.41) is 66.0. The number of hydrogen-bond donors (Lipinski definition) is 13. The third kappa shape index (κ3) is 8.74. The van der Waals surface area contributed by atoms with Gasteiger partial charge in [0.1, 0.15) is 48.8 Å². The van der Waals surface area contributed by atoms with E-state index in [1.165, 1.54) is 0 Å². The van der Waals surface area contributed by atoms with E-state index in [4.69, 9.17) is 62.8 Å². The van der Waals surface area contributed by atoms with Gasteiger partial charge in [0.2, 0.25) is 5.91 Å². The molecule has 4 fully saturated rings. The van der Waals surface area contributed by atoms with Gasteiger partial charge in [-0.2, -0.15) is 0 Å². The predicted molar refractivity (Wildman–Crippen MR) is 159 cm³/mol. The first-order valence-electron chi connectivity index (χ1n) is 15.9. The van der Waals surface area contributed by atoms with Crippen molar-refractivity contribution in [2.24, 2.45) is 34.4 Å². The summed E-state index contributed by atoms with van der Waals surface area (Å²) in [5.41, 5.74) is 35.7. The number of carbonyl (C=O) groups is 1. The SMILES string of the molecule is C[C@@H](N)[C@H]1O[C@H](OC2C(N)C(O)C(NC(=O)C(O)CCN)C(O)C2OC2CC(O[C@@H]3O[C@@H](CN)[C@@H](O)[C@H](O)[C@H]3N)CO2)[C@H](N)C[C@@H]1O. The maximum absolute atomic E-state index is 12.6. The zero-order valence-corrected chi connectivity index (χ0v) is 26.2. The number of nitrogens with one attached hydrogen (secondary N) is 1. The summed E-state index contributed by atoms with van der Waals surface area (Å²) in [6.45, 7) is 1.53. The van der Waals surface area contributed by atoms with E-state index in [-0.39, 0.29) is 39.0 Å². The summed E-state index contributed by atoms with van der Waals surface area (Å²) >= 11 is 0. The first-order valence-corrected chi connectivity index (χ1v) is 15.9. The van der Waals surface area contributed by atoms with Crippen LogP contribution in [0.5, 0.6) is 0 Å². The number of ether oxygens (including phenoxy) is 6. The molecule has 3 aliphatic heterocycles. The van der Waals surface area contributed by atoms with E-state index >= 15 is 0 Å². The van der Waals surface area contributed by atoms with E-state index in [0.717, 1.165) is 0 Å². The van der Waals surface area contributed by atoms with Gasteiger partial charge >= 0.3 is 0 Å². The molecule has 0 bridgehead atoms. The van der Waals surface area contributed by atoms with Crippen molar-refractivity contribution >= 4 is 5.91 Å². The number of carbonyl (C=O) groups excluding carboxylic acids is 1. The molecule has 0 aromatic carbocycles. The van der Waals surface area contributed by atoms with Crippen LogP contribution in [0, 0.1) is 0 Å². The number of aliphatic hydroxyl groups is 6. The molecule has 1 amide bonds. The van der Waals surface area contributed by atoms with E-state index in [2.05, 4.69) is 5.32 Å². The summed E-state index contributed by atoms with van der Waals surface area (Å²) in [6.07, 6.45) is -16.8. The van der Waals surface area contributed by atoms with Crippen LogP contribution in [-0.4, -0.2) is 172 Å². The van der Waals surface area contributed by atoms with E-state index in [9.17, 15) is 35.4 Å². The molecular formula is C27H53N7O13. The topological polar surface area (TPSA) is 362 Å². The minimum atomic E-state index is -1.67. The van der Waals surface area contributed by atoms with Gasteiger partial charge in [-0.05, 0) is 26.3 Å². The molecule has 4 aliphatic rings. The van der Waals surface area contributed by atoms with Crippen molar-refractivity contribution in [3.63, 3.8) is 0 Å². The quantitative estimate of drug-likeness (QED) is 0.0908. The molecular weight excluding hydrogens is 630 g/mol. The van der Waals surface area contributed by atoms with Crippen molar-refractivity contribution < 1.29 is 63.9 Å². The second kappa shape index (κ2) is 16.6. The molecule has 0 spiro atoms. The monoisotopic (exact) mass is 683 g/mol. The molecule has 20 heteroatoms. The van der Waals surface area contributed by atoms with Gasteiger partial charge in [-0.15, -0.1) is 0 Å². The minimum absolute atomic E-state index is 0.00968. The van der Waals surface area contributed by atoms with Gasteiger partial charge in [-0.25, -0.2) is 0 Å². The predicted octanol–water partition coefficient (Wildman–Crippen LogP) is -7.97. The highest BCUT2D eigenvalue weighted by atomic mass is 16.7. The van der Waals surface area contributed by atoms with Crippen molar-refractivity contribution in [3.05, 3.63) is 0 Å². The molecule has 274 valence electrons. The lowest BCUT2D eigenvalue weighted by Gasteiger charge is -2.49. The Hall–Kier alpha value is -1.25. The van der Waals surface area contributed by atoms with Crippen LogP contribution in [0.1, 0.15) is 26.2 Å². The van der Waals surface area contributed by atoms with Gasteiger partial charge in [0.05, 0.1) is 49.1 Å². The molecule has 0 radical (unpaired) electrons. The Kier molecular flexibility index (Phi) is 13.6. The summed E-state index contributed by atoms with van der Waals surface area (Å²) in [7, 11) is 0. The molecule has 0 aromatic rings. The van der Waals surface area contributed by atoms with E-state index in [1.807, 2.05) is 0 Å². The van der Waals surface area contributed by atoms with Crippen molar-refractivity contribution in [3.8, 4) is 0 Å². The van der Waals surface area contributed by atoms with Crippen LogP contribution >= 0.6 is 0 Å². The zero-order valence-electron chi connectivity index (χ0n) is 26.2. The molecule has 20 nitrogen and oxygen atoms in total. The Morgan fingerprint density at radius 3 is 2.23 bits per heavy atom. The summed E-state index contributed by atoms with van der Waals surface area (Å²) in [4.78, 5) is 12.6. The highest BCUT2D eigenvalue weighted by Gasteiger charge is 2.54. The van der Waals surface area contributed by atoms with Crippen molar-refractivity contribution in [2.45, 2.75) is 142 Å². The van der Waals surface area contributed by atoms with Gasteiger partial charge in [0.25, 0.3) is 0 Å². The van der Waals surface area contributed by atoms with Crippen LogP contribution in [0.2, 0.25) is 0 Å². The van der Waals surface area contributed by atoms with E-state index < -0.39 is 122 Å². The van der Waals surface area contributed by atoms with Crippen LogP contribution in [0.25, 0.3) is 0 Å². The molecule has 1 aliphatic carbocycles. The maximum atomic E-state index is 12.6. The lowest BCUT2D eigenvalue weighted by atomic mass is 9.81. The Morgan fingerprint density at radius 2 is 1.60 bits per heavy atom. The Bertz CT molecular complexity index is 1010. The van der Waals surface area contributed by atoms with Crippen molar-refractivity contribution in [1.82, 2.24) is 5.32 Å². The fraction of sp³-hybridized carbons (Fsp3) is 0.963. The van der Waals surface area contributed by atoms with Crippen molar-refractivity contribution in [1.29, 1.82) is 0 Å². The fourth-order valence-electron chi connectivity index (χ4n) is 6.32. The van der Waals surface area contributed by atoms with Crippen LogP contribution in [0.4, 0.5) is 0 Å². The highest BCUT2D eigenvalue weighted by Crippen LogP contribution is 2.33. The number of amides is 1.